The summed E-state index contributed by atoms with van der Waals surface area (Å²) in [7, 11) is 0. The van der Waals surface area contributed by atoms with Crippen LogP contribution in [0.25, 0.3) is 0 Å². The number of anilines is 2. The fourth-order valence-electron chi connectivity index (χ4n) is 3.64. The number of hydrazine groups is 1. The van der Waals surface area contributed by atoms with Crippen molar-refractivity contribution in [3.8, 4) is 0 Å². The normalized spacial score (nSPS) is 10.6. The molecule has 0 radical (unpaired) electrons. The van der Waals surface area contributed by atoms with Crippen LogP contribution in [0.1, 0.15) is 27.3 Å². The second kappa shape index (κ2) is 9.35. The molecule has 1 amide bonds. The van der Waals surface area contributed by atoms with Crippen LogP contribution in [0.2, 0.25) is 0 Å². The Morgan fingerprint density at radius 3 is 1.97 bits per heavy atom. The van der Waals surface area contributed by atoms with Gasteiger partial charge in [0, 0.05) is 5.56 Å². The van der Waals surface area contributed by atoms with Gasteiger partial charge in [-0.15, -0.1) is 0 Å². The van der Waals surface area contributed by atoms with Gasteiger partial charge in [-0.2, -0.15) is 5.10 Å². The molecule has 33 heavy (non-hydrogen) atoms. The Bertz CT molecular complexity index is 1230. The van der Waals surface area contributed by atoms with Crippen LogP contribution in [0.5, 0.6) is 0 Å². The van der Waals surface area contributed by atoms with Crippen molar-refractivity contribution in [1.82, 2.24) is 15.2 Å². The summed E-state index contributed by atoms with van der Waals surface area (Å²) in [6.45, 7) is 3.69. The molecule has 0 atom stereocenters. The van der Waals surface area contributed by atoms with Crippen molar-refractivity contribution in [2.75, 3.05) is 5.01 Å². The number of carbonyl (C=O) groups excluding carboxylic acids is 1. The molecule has 0 bridgehead atoms. The van der Waals surface area contributed by atoms with Crippen molar-refractivity contribution in [2.24, 2.45) is 0 Å². The molecule has 3 aromatic carbocycles. The van der Waals surface area contributed by atoms with E-state index < -0.39 is 4.92 Å². The molecule has 166 valence electrons. The van der Waals surface area contributed by atoms with E-state index in [-0.39, 0.29) is 11.6 Å². The highest BCUT2D eigenvalue weighted by molar-refractivity contribution is 5.96. The summed E-state index contributed by atoms with van der Waals surface area (Å²) >= 11 is 0. The lowest BCUT2D eigenvalue weighted by molar-refractivity contribution is -0.386. The van der Waals surface area contributed by atoms with E-state index in [1.165, 1.54) is 0 Å². The minimum absolute atomic E-state index is 0.0351. The number of carbonyl (C=O) groups is 1. The summed E-state index contributed by atoms with van der Waals surface area (Å²) in [6.07, 6.45) is 0. The van der Waals surface area contributed by atoms with Gasteiger partial charge in [0.05, 0.1) is 22.8 Å². The molecule has 0 aliphatic rings. The third-order valence-electron chi connectivity index (χ3n) is 5.32. The Hall–Kier alpha value is -4.46. The number of hydrogen-bond donors (Lipinski definition) is 1. The third-order valence-corrected chi connectivity index (χ3v) is 5.32. The zero-order chi connectivity index (χ0) is 23.4. The van der Waals surface area contributed by atoms with Crippen LogP contribution < -0.4 is 10.4 Å². The Labute approximate surface area is 191 Å². The maximum absolute atomic E-state index is 13.0. The number of amides is 1. The van der Waals surface area contributed by atoms with Gasteiger partial charge in [0.2, 0.25) is 0 Å². The monoisotopic (exact) mass is 441 g/mol. The van der Waals surface area contributed by atoms with Crippen molar-refractivity contribution < 1.29 is 9.72 Å². The highest BCUT2D eigenvalue weighted by Crippen LogP contribution is 2.24. The number of aryl methyl sites for hydroxylation is 1. The Morgan fingerprint density at radius 2 is 1.48 bits per heavy atom. The van der Waals surface area contributed by atoms with Gasteiger partial charge in [0.1, 0.15) is 11.4 Å². The number of nitrogens with one attached hydrogen (secondary N) is 1. The van der Waals surface area contributed by atoms with E-state index >= 15 is 0 Å². The lowest BCUT2D eigenvalue weighted by Crippen LogP contribution is -2.38. The maximum Gasteiger partial charge on any atom is 0.312 e. The molecule has 0 aliphatic heterocycles. The highest BCUT2D eigenvalue weighted by Gasteiger charge is 2.21. The van der Waals surface area contributed by atoms with Crippen LogP contribution in [-0.4, -0.2) is 20.6 Å². The topological polar surface area (TPSA) is 93.3 Å². The molecule has 8 nitrogen and oxygen atoms in total. The Morgan fingerprint density at radius 1 is 0.939 bits per heavy atom. The van der Waals surface area contributed by atoms with Crippen molar-refractivity contribution in [1.29, 1.82) is 0 Å². The van der Waals surface area contributed by atoms with Crippen LogP contribution in [0.15, 0.2) is 84.9 Å². The predicted molar refractivity (Wildman–Crippen MR) is 126 cm³/mol. The molecule has 1 aromatic heterocycles. The van der Waals surface area contributed by atoms with E-state index in [1.807, 2.05) is 72.8 Å². The lowest BCUT2D eigenvalue weighted by Gasteiger charge is -2.25. The van der Waals surface area contributed by atoms with E-state index in [0.717, 1.165) is 16.9 Å². The molecule has 1 N–H and O–H groups in total. The zero-order valence-electron chi connectivity index (χ0n) is 18.3. The van der Waals surface area contributed by atoms with E-state index in [1.54, 1.807) is 35.7 Å². The summed E-state index contributed by atoms with van der Waals surface area (Å²) < 4.78 is 1.61. The number of benzene rings is 3. The summed E-state index contributed by atoms with van der Waals surface area (Å²) in [5.74, 6) is -0.254. The first-order valence-corrected chi connectivity index (χ1v) is 10.4. The molecular weight excluding hydrogens is 418 g/mol. The van der Waals surface area contributed by atoms with E-state index in [9.17, 15) is 14.9 Å². The van der Waals surface area contributed by atoms with Gasteiger partial charge in [0.25, 0.3) is 5.91 Å². The van der Waals surface area contributed by atoms with Gasteiger partial charge < -0.3 is 0 Å². The summed E-state index contributed by atoms with van der Waals surface area (Å²) in [5.41, 5.74) is 6.94. The highest BCUT2D eigenvalue weighted by atomic mass is 16.6. The van der Waals surface area contributed by atoms with Crippen LogP contribution in [0, 0.1) is 24.0 Å². The van der Waals surface area contributed by atoms with Crippen molar-refractivity contribution in [3.05, 3.63) is 118 Å². The number of rotatable bonds is 7. The Balaban J connectivity index is 1.52. The second-order valence-corrected chi connectivity index (χ2v) is 7.58. The van der Waals surface area contributed by atoms with Crippen LogP contribution >= 0.6 is 0 Å². The minimum Gasteiger partial charge on any atom is -0.267 e. The van der Waals surface area contributed by atoms with Gasteiger partial charge in [-0.05, 0) is 55.8 Å². The Kier molecular flexibility index (Phi) is 6.17. The standard InChI is InChI=1S/C25H23N5O3/c1-18-24(30(32)33)19(2)28(26-18)17-20-13-15-21(16-14-20)25(31)27-29(22-9-5-3-6-10-22)23-11-7-4-8-12-23/h3-16H,17H2,1-2H3,(H,27,31). The van der Waals surface area contributed by atoms with Gasteiger partial charge in [0.15, 0.2) is 0 Å². The minimum atomic E-state index is -0.410. The molecule has 1 heterocycles. The van der Waals surface area contributed by atoms with Gasteiger partial charge in [-0.1, -0.05) is 48.5 Å². The third kappa shape index (κ3) is 4.74. The molecule has 4 aromatic rings. The number of para-hydroxylation sites is 2. The second-order valence-electron chi connectivity index (χ2n) is 7.58. The first-order valence-electron chi connectivity index (χ1n) is 10.4. The smallest absolute Gasteiger partial charge is 0.267 e. The summed E-state index contributed by atoms with van der Waals surface area (Å²) in [6, 6.07) is 26.3. The van der Waals surface area contributed by atoms with Crippen molar-refractivity contribution in [3.63, 3.8) is 0 Å². The van der Waals surface area contributed by atoms with Crippen LogP contribution in [0.3, 0.4) is 0 Å². The largest absolute Gasteiger partial charge is 0.312 e. The van der Waals surface area contributed by atoms with Gasteiger partial charge in [-0.3, -0.25) is 30.0 Å². The molecule has 0 aliphatic carbocycles. The molecular formula is C25H23N5O3. The molecule has 8 heteroatoms. The zero-order valence-corrected chi connectivity index (χ0v) is 18.3. The summed E-state index contributed by atoms with van der Waals surface area (Å²) in [5, 5.41) is 17.2. The molecule has 0 fully saturated rings. The van der Waals surface area contributed by atoms with Crippen LogP contribution in [-0.2, 0) is 6.54 Å². The van der Waals surface area contributed by atoms with Crippen molar-refractivity contribution >= 4 is 23.0 Å². The first-order chi connectivity index (χ1) is 15.9. The SMILES string of the molecule is Cc1nn(Cc2ccc(C(=O)NN(c3ccccc3)c3ccccc3)cc2)c(C)c1[N+](=O)[O-]. The van der Waals surface area contributed by atoms with E-state index in [4.69, 9.17) is 0 Å². The molecule has 0 saturated carbocycles. The maximum atomic E-state index is 13.0. The predicted octanol–water partition coefficient (Wildman–Crippen LogP) is 4.94. The first kappa shape index (κ1) is 21.8. The molecule has 0 unspecified atom stereocenters. The number of nitro groups is 1. The van der Waals surface area contributed by atoms with E-state index in [2.05, 4.69) is 10.5 Å². The fraction of sp³-hybridized carbons (Fsp3) is 0.120. The number of hydrogen-bond acceptors (Lipinski definition) is 5. The van der Waals surface area contributed by atoms with Crippen molar-refractivity contribution in [2.45, 2.75) is 20.4 Å². The van der Waals surface area contributed by atoms with E-state index in [0.29, 0.717) is 23.5 Å². The number of nitrogens with zero attached hydrogens (tertiary/aromatic N) is 4. The van der Waals surface area contributed by atoms with Gasteiger partial charge in [-0.25, -0.2) is 0 Å². The lowest BCUT2D eigenvalue weighted by atomic mass is 10.1. The quantitative estimate of drug-likeness (QED) is 0.324. The molecule has 0 spiro atoms. The summed E-state index contributed by atoms with van der Waals surface area (Å²) in [4.78, 5) is 23.8. The number of aromatic nitrogens is 2. The van der Waals surface area contributed by atoms with Crippen LogP contribution in [0.4, 0.5) is 17.1 Å². The average Bonchev–Trinajstić information content (AvgIpc) is 3.11. The van der Waals surface area contributed by atoms with Gasteiger partial charge >= 0.3 is 5.69 Å². The molecule has 4 rings (SSSR count). The fourth-order valence-corrected chi connectivity index (χ4v) is 3.64. The molecule has 0 saturated heterocycles. The average molecular weight is 441 g/mol.